The van der Waals surface area contributed by atoms with E-state index < -0.39 is 0 Å². The van der Waals surface area contributed by atoms with Crippen LogP contribution in [-0.4, -0.2) is 27.8 Å². The molecule has 21 heavy (non-hydrogen) atoms. The quantitative estimate of drug-likeness (QED) is 0.885. The van der Waals surface area contributed by atoms with Crippen LogP contribution in [0.15, 0.2) is 28.4 Å². The summed E-state index contributed by atoms with van der Waals surface area (Å²) < 4.78 is 0.630. The zero-order chi connectivity index (χ0) is 14.8. The van der Waals surface area contributed by atoms with Crippen molar-refractivity contribution in [2.75, 3.05) is 7.05 Å². The third kappa shape index (κ3) is 2.90. The van der Waals surface area contributed by atoms with Gasteiger partial charge in [-0.2, -0.15) is 0 Å². The Labute approximate surface area is 126 Å². The van der Waals surface area contributed by atoms with E-state index in [2.05, 4.69) is 22.1 Å². The predicted octanol–water partition coefficient (Wildman–Crippen LogP) is 2.30. The Hall–Kier alpha value is -1.95. The molecular formula is C15H17N3O2S. The van der Waals surface area contributed by atoms with Crippen LogP contribution in [0.25, 0.3) is 10.2 Å². The highest BCUT2D eigenvalue weighted by Gasteiger charge is 2.22. The molecule has 2 aromatic heterocycles. The standard InChI is InChI=1S/C15H17N3O2S/c1-18(15(20)10-5-3-2-4-6-10)9-12-16-11-7-8-21-13(11)14(19)17-12/h2-3,7-8,10H,4-6,9H2,1H3,(H,16,17,19)/t10-/m1/s1. The summed E-state index contributed by atoms with van der Waals surface area (Å²) in [6.07, 6.45) is 6.84. The molecule has 2 aromatic rings. The van der Waals surface area contributed by atoms with Gasteiger partial charge in [0.25, 0.3) is 5.56 Å². The van der Waals surface area contributed by atoms with Crippen molar-refractivity contribution in [3.8, 4) is 0 Å². The molecule has 1 N–H and O–H groups in total. The van der Waals surface area contributed by atoms with Crippen LogP contribution < -0.4 is 5.56 Å². The Morgan fingerprint density at radius 2 is 2.38 bits per heavy atom. The van der Waals surface area contributed by atoms with Crippen molar-refractivity contribution in [2.24, 2.45) is 5.92 Å². The third-order valence-electron chi connectivity index (χ3n) is 3.75. The van der Waals surface area contributed by atoms with Crippen LogP contribution in [-0.2, 0) is 11.3 Å². The zero-order valence-corrected chi connectivity index (χ0v) is 12.7. The molecule has 0 bridgehead atoms. The monoisotopic (exact) mass is 303 g/mol. The minimum Gasteiger partial charge on any atom is -0.338 e. The molecule has 1 aliphatic rings. The van der Waals surface area contributed by atoms with Crippen molar-refractivity contribution in [1.82, 2.24) is 14.9 Å². The minimum atomic E-state index is -0.133. The van der Waals surface area contributed by atoms with Gasteiger partial charge in [0.2, 0.25) is 5.91 Å². The van der Waals surface area contributed by atoms with Gasteiger partial charge in [-0.25, -0.2) is 4.98 Å². The maximum absolute atomic E-state index is 12.4. The number of nitrogens with zero attached hydrogens (tertiary/aromatic N) is 2. The number of thiophene rings is 1. The average Bonchev–Trinajstić information content (AvgIpc) is 2.96. The van der Waals surface area contributed by atoms with E-state index in [1.165, 1.54) is 11.3 Å². The summed E-state index contributed by atoms with van der Waals surface area (Å²) in [5, 5.41) is 1.85. The second kappa shape index (κ2) is 5.81. The molecule has 0 radical (unpaired) electrons. The first kappa shape index (κ1) is 14.0. The molecule has 6 heteroatoms. The largest absolute Gasteiger partial charge is 0.338 e. The number of rotatable bonds is 3. The van der Waals surface area contributed by atoms with Crippen molar-refractivity contribution in [3.63, 3.8) is 0 Å². The second-order valence-corrected chi connectivity index (χ2v) is 6.24. The van der Waals surface area contributed by atoms with Crippen molar-refractivity contribution >= 4 is 27.5 Å². The minimum absolute atomic E-state index is 0.0524. The summed E-state index contributed by atoms with van der Waals surface area (Å²) >= 11 is 1.38. The summed E-state index contributed by atoms with van der Waals surface area (Å²) in [6.45, 7) is 0.333. The van der Waals surface area contributed by atoms with Gasteiger partial charge in [-0.3, -0.25) is 9.59 Å². The Morgan fingerprint density at radius 1 is 1.52 bits per heavy atom. The highest BCUT2D eigenvalue weighted by Crippen LogP contribution is 2.21. The third-order valence-corrected chi connectivity index (χ3v) is 4.65. The average molecular weight is 303 g/mol. The molecule has 3 rings (SSSR count). The molecule has 1 atom stereocenters. The van der Waals surface area contributed by atoms with Gasteiger partial charge in [-0.05, 0) is 30.7 Å². The number of hydrogen-bond donors (Lipinski definition) is 1. The molecule has 2 heterocycles. The Morgan fingerprint density at radius 3 is 3.14 bits per heavy atom. The molecule has 0 aromatic carbocycles. The van der Waals surface area contributed by atoms with E-state index in [0.717, 1.165) is 19.3 Å². The lowest BCUT2D eigenvalue weighted by molar-refractivity contribution is -0.135. The fraction of sp³-hybridized carbons (Fsp3) is 0.400. The number of amides is 1. The predicted molar refractivity (Wildman–Crippen MR) is 83.2 cm³/mol. The molecule has 0 saturated heterocycles. The number of hydrogen-bond acceptors (Lipinski definition) is 4. The van der Waals surface area contributed by atoms with Crippen LogP contribution >= 0.6 is 11.3 Å². The van der Waals surface area contributed by atoms with Gasteiger partial charge in [0.15, 0.2) is 0 Å². The molecule has 0 fully saturated rings. The molecular weight excluding hydrogens is 286 g/mol. The molecule has 0 spiro atoms. The normalized spacial score (nSPS) is 18.0. The van der Waals surface area contributed by atoms with Crippen LogP contribution in [0, 0.1) is 5.92 Å². The van der Waals surface area contributed by atoms with E-state index in [1.807, 2.05) is 11.4 Å². The fourth-order valence-corrected chi connectivity index (χ4v) is 3.35. The summed E-state index contributed by atoms with van der Waals surface area (Å²) in [7, 11) is 1.76. The Balaban J connectivity index is 1.76. The number of aromatic amines is 1. The summed E-state index contributed by atoms with van der Waals surface area (Å²) in [5.74, 6) is 0.706. The molecule has 110 valence electrons. The van der Waals surface area contributed by atoms with Crippen LogP contribution in [0.5, 0.6) is 0 Å². The highest BCUT2D eigenvalue weighted by atomic mass is 32.1. The molecule has 0 saturated carbocycles. The van der Waals surface area contributed by atoms with E-state index in [1.54, 1.807) is 11.9 Å². The molecule has 5 nitrogen and oxygen atoms in total. The van der Waals surface area contributed by atoms with E-state index in [4.69, 9.17) is 0 Å². The van der Waals surface area contributed by atoms with Crippen LogP contribution in [0.2, 0.25) is 0 Å². The van der Waals surface area contributed by atoms with E-state index in [-0.39, 0.29) is 17.4 Å². The van der Waals surface area contributed by atoms with Gasteiger partial charge in [0, 0.05) is 13.0 Å². The van der Waals surface area contributed by atoms with Crippen LogP contribution in [0.1, 0.15) is 25.1 Å². The van der Waals surface area contributed by atoms with Crippen LogP contribution in [0.4, 0.5) is 0 Å². The topological polar surface area (TPSA) is 66.1 Å². The van der Waals surface area contributed by atoms with Crippen molar-refractivity contribution < 1.29 is 4.79 Å². The zero-order valence-electron chi connectivity index (χ0n) is 11.8. The van der Waals surface area contributed by atoms with Gasteiger partial charge >= 0.3 is 0 Å². The van der Waals surface area contributed by atoms with Gasteiger partial charge in [-0.15, -0.1) is 11.3 Å². The number of carbonyl (C=O) groups excluding carboxylic acids is 1. The number of fused-ring (bicyclic) bond motifs is 1. The number of allylic oxidation sites excluding steroid dienone is 2. The molecule has 1 aliphatic carbocycles. The lowest BCUT2D eigenvalue weighted by Crippen LogP contribution is -2.34. The Bertz CT molecular complexity index is 747. The first-order valence-electron chi connectivity index (χ1n) is 7.01. The molecule has 1 amide bonds. The number of nitrogens with one attached hydrogen (secondary N) is 1. The SMILES string of the molecule is CN(Cc1nc2ccsc2c(=O)[nH]1)C(=O)[C@@H]1CC=CCC1. The first-order chi connectivity index (χ1) is 10.1. The Kier molecular flexibility index (Phi) is 3.88. The van der Waals surface area contributed by atoms with Crippen LogP contribution in [0.3, 0.4) is 0 Å². The molecule has 0 unspecified atom stereocenters. The highest BCUT2D eigenvalue weighted by molar-refractivity contribution is 7.17. The second-order valence-electron chi connectivity index (χ2n) is 5.32. The van der Waals surface area contributed by atoms with Crippen molar-refractivity contribution in [3.05, 3.63) is 39.8 Å². The lowest BCUT2D eigenvalue weighted by Gasteiger charge is -2.24. The summed E-state index contributed by atoms with van der Waals surface area (Å²) in [6, 6.07) is 1.83. The summed E-state index contributed by atoms with van der Waals surface area (Å²) in [5.41, 5.74) is 0.562. The lowest BCUT2D eigenvalue weighted by atomic mass is 9.93. The van der Waals surface area contributed by atoms with E-state index >= 15 is 0 Å². The van der Waals surface area contributed by atoms with Gasteiger partial charge < -0.3 is 9.88 Å². The maximum atomic E-state index is 12.4. The maximum Gasteiger partial charge on any atom is 0.268 e. The first-order valence-corrected chi connectivity index (χ1v) is 7.89. The number of H-pyrrole nitrogens is 1. The fourth-order valence-electron chi connectivity index (χ4n) is 2.63. The smallest absolute Gasteiger partial charge is 0.268 e. The van der Waals surface area contributed by atoms with E-state index in [9.17, 15) is 9.59 Å². The van der Waals surface area contributed by atoms with Crippen molar-refractivity contribution in [2.45, 2.75) is 25.8 Å². The molecule has 0 aliphatic heterocycles. The number of carbonyl (C=O) groups is 1. The van der Waals surface area contributed by atoms with Gasteiger partial charge in [0.1, 0.15) is 10.5 Å². The van der Waals surface area contributed by atoms with Gasteiger partial charge in [0.05, 0.1) is 12.1 Å². The summed E-state index contributed by atoms with van der Waals surface area (Å²) in [4.78, 5) is 33.1. The van der Waals surface area contributed by atoms with Crippen molar-refractivity contribution in [1.29, 1.82) is 0 Å². The number of aromatic nitrogens is 2. The van der Waals surface area contributed by atoms with E-state index in [0.29, 0.717) is 22.6 Å². The van der Waals surface area contributed by atoms with Gasteiger partial charge in [-0.1, -0.05) is 12.2 Å².